The van der Waals surface area contributed by atoms with Crippen molar-refractivity contribution in [3.63, 3.8) is 0 Å². The second-order valence-electron chi connectivity index (χ2n) is 6.48. The van der Waals surface area contributed by atoms with Crippen molar-refractivity contribution in [1.29, 1.82) is 0 Å². The minimum atomic E-state index is -0.963. The average molecular weight is 401 g/mol. The summed E-state index contributed by atoms with van der Waals surface area (Å²) >= 11 is 1.26. The Kier molecular flexibility index (Phi) is 7.63. The Hall–Kier alpha value is -2.80. The van der Waals surface area contributed by atoms with Gasteiger partial charge in [0.2, 0.25) is 5.91 Å². The fourth-order valence-corrected chi connectivity index (χ4v) is 3.29. The van der Waals surface area contributed by atoms with Gasteiger partial charge >= 0.3 is 5.97 Å². The van der Waals surface area contributed by atoms with Crippen LogP contribution in [0.3, 0.4) is 0 Å². The summed E-state index contributed by atoms with van der Waals surface area (Å²) in [6.07, 6.45) is -0.963. The number of anilines is 1. The summed E-state index contributed by atoms with van der Waals surface area (Å²) in [6, 6.07) is 14.2. The van der Waals surface area contributed by atoms with E-state index in [0.29, 0.717) is 16.1 Å². The van der Waals surface area contributed by atoms with Crippen LogP contribution in [0.2, 0.25) is 0 Å². The Morgan fingerprint density at radius 2 is 1.82 bits per heavy atom. The molecule has 0 unspecified atom stereocenters. The van der Waals surface area contributed by atoms with E-state index in [0.717, 1.165) is 5.56 Å². The predicted octanol–water partition coefficient (Wildman–Crippen LogP) is 3.36. The van der Waals surface area contributed by atoms with Crippen LogP contribution in [-0.2, 0) is 14.3 Å². The molecule has 0 heterocycles. The molecule has 0 radical (unpaired) electrons. The van der Waals surface area contributed by atoms with E-state index in [-0.39, 0.29) is 11.7 Å². The molecule has 0 saturated carbocycles. The van der Waals surface area contributed by atoms with Gasteiger partial charge in [0.05, 0.1) is 11.3 Å². The van der Waals surface area contributed by atoms with Crippen LogP contribution in [0.25, 0.3) is 0 Å². The highest BCUT2D eigenvalue weighted by atomic mass is 32.2. The van der Waals surface area contributed by atoms with E-state index in [1.807, 2.05) is 25.1 Å². The number of carbonyl (C=O) groups excluding carboxylic acids is 3. The number of hydrogen-bond donors (Lipinski definition) is 1. The minimum Gasteiger partial charge on any atom is -0.449 e. The second-order valence-corrected chi connectivity index (χ2v) is 7.50. The van der Waals surface area contributed by atoms with Crippen molar-refractivity contribution in [3.8, 4) is 0 Å². The van der Waals surface area contributed by atoms with Crippen molar-refractivity contribution in [1.82, 2.24) is 4.90 Å². The summed E-state index contributed by atoms with van der Waals surface area (Å²) in [7, 11) is 3.36. The van der Waals surface area contributed by atoms with Crippen LogP contribution in [0.5, 0.6) is 0 Å². The van der Waals surface area contributed by atoms with Gasteiger partial charge in [-0.05, 0) is 43.7 Å². The van der Waals surface area contributed by atoms with Crippen LogP contribution in [0.4, 0.5) is 5.69 Å². The largest absolute Gasteiger partial charge is 0.449 e. The van der Waals surface area contributed by atoms with Gasteiger partial charge in [-0.15, -0.1) is 11.8 Å². The molecular weight excluding hydrogens is 376 g/mol. The Balaban J connectivity index is 2.01. The lowest BCUT2D eigenvalue weighted by atomic mass is 10.2. The zero-order chi connectivity index (χ0) is 20.7. The van der Waals surface area contributed by atoms with Crippen LogP contribution < -0.4 is 5.32 Å². The smallest absolute Gasteiger partial charge is 0.340 e. The van der Waals surface area contributed by atoms with Crippen molar-refractivity contribution in [2.45, 2.75) is 24.8 Å². The zero-order valence-corrected chi connectivity index (χ0v) is 17.2. The first-order chi connectivity index (χ1) is 13.3. The molecule has 0 spiro atoms. The summed E-state index contributed by atoms with van der Waals surface area (Å²) in [4.78, 5) is 38.8. The molecule has 148 valence electrons. The molecule has 1 atom stereocenters. The second kappa shape index (κ2) is 9.94. The SMILES string of the molecule is Cc1cccc(NC(=O)[C@@H](C)OC(=O)c2ccccc2SCC(=O)N(C)C)c1. The number of aryl methyl sites for hydroxylation is 1. The van der Waals surface area contributed by atoms with E-state index in [2.05, 4.69) is 5.32 Å². The first-order valence-electron chi connectivity index (χ1n) is 8.78. The summed E-state index contributed by atoms with van der Waals surface area (Å²) in [5.41, 5.74) is 1.99. The Morgan fingerprint density at radius 3 is 2.50 bits per heavy atom. The van der Waals surface area contributed by atoms with E-state index in [1.165, 1.54) is 23.6 Å². The van der Waals surface area contributed by atoms with Crippen molar-refractivity contribution >= 4 is 35.2 Å². The third-order valence-electron chi connectivity index (χ3n) is 3.90. The highest BCUT2D eigenvalue weighted by molar-refractivity contribution is 8.00. The molecule has 2 aromatic carbocycles. The highest BCUT2D eigenvalue weighted by Gasteiger charge is 2.21. The van der Waals surface area contributed by atoms with Crippen LogP contribution in [-0.4, -0.2) is 48.6 Å². The molecule has 0 aromatic heterocycles. The predicted molar refractivity (Wildman–Crippen MR) is 111 cm³/mol. The molecule has 6 nitrogen and oxygen atoms in total. The molecule has 2 rings (SSSR count). The minimum absolute atomic E-state index is 0.0564. The van der Waals surface area contributed by atoms with Crippen molar-refractivity contribution in [2.75, 3.05) is 25.2 Å². The van der Waals surface area contributed by atoms with Gasteiger partial charge in [-0.1, -0.05) is 24.3 Å². The molecule has 2 aromatic rings. The van der Waals surface area contributed by atoms with E-state index >= 15 is 0 Å². The summed E-state index contributed by atoms with van der Waals surface area (Å²) in [5, 5.41) is 2.73. The number of carbonyl (C=O) groups is 3. The zero-order valence-electron chi connectivity index (χ0n) is 16.4. The number of hydrogen-bond acceptors (Lipinski definition) is 5. The van der Waals surface area contributed by atoms with Gasteiger partial charge < -0.3 is 15.0 Å². The van der Waals surface area contributed by atoms with Crippen LogP contribution in [0.1, 0.15) is 22.8 Å². The number of rotatable bonds is 7. The highest BCUT2D eigenvalue weighted by Crippen LogP contribution is 2.24. The van der Waals surface area contributed by atoms with Gasteiger partial charge in [0.25, 0.3) is 5.91 Å². The molecule has 0 fully saturated rings. The number of nitrogens with zero attached hydrogens (tertiary/aromatic N) is 1. The molecule has 2 amide bonds. The van der Waals surface area contributed by atoms with E-state index in [4.69, 9.17) is 4.74 Å². The number of amides is 2. The quantitative estimate of drug-likeness (QED) is 0.570. The van der Waals surface area contributed by atoms with Crippen molar-refractivity contribution < 1.29 is 19.1 Å². The van der Waals surface area contributed by atoms with Crippen LogP contribution >= 0.6 is 11.8 Å². The third-order valence-corrected chi connectivity index (χ3v) is 4.95. The summed E-state index contributed by atoms with van der Waals surface area (Å²) in [6.45, 7) is 3.45. The maximum Gasteiger partial charge on any atom is 0.340 e. The van der Waals surface area contributed by atoms with Gasteiger partial charge in [-0.2, -0.15) is 0 Å². The number of esters is 1. The van der Waals surface area contributed by atoms with E-state index < -0.39 is 18.0 Å². The molecule has 28 heavy (non-hydrogen) atoms. The van der Waals surface area contributed by atoms with Gasteiger partial charge in [-0.3, -0.25) is 9.59 Å². The molecule has 0 saturated heterocycles. The van der Waals surface area contributed by atoms with Crippen LogP contribution in [0.15, 0.2) is 53.4 Å². The molecule has 7 heteroatoms. The fourth-order valence-electron chi connectivity index (χ4n) is 2.27. The van der Waals surface area contributed by atoms with Gasteiger partial charge in [0.1, 0.15) is 0 Å². The maximum atomic E-state index is 12.6. The third kappa shape index (κ3) is 6.13. The Morgan fingerprint density at radius 1 is 1.11 bits per heavy atom. The molecule has 0 bridgehead atoms. The molecular formula is C21H24N2O4S. The molecule has 0 aliphatic heterocycles. The molecule has 0 aliphatic carbocycles. The van der Waals surface area contributed by atoms with Crippen LogP contribution in [0, 0.1) is 6.92 Å². The molecule has 0 aliphatic rings. The number of benzene rings is 2. The van der Waals surface area contributed by atoms with E-state index in [1.54, 1.807) is 44.4 Å². The number of ether oxygens (including phenoxy) is 1. The first kappa shape index (κ1) is 21.5. The van der Waals surface area contributed by atoms with Crippen molar-refractivity contribution in [2.24, 2.45) is 0 Å². The first-order valence-corrected chi connectivity index (χ1v) is 9.77. The van der Waals surface area contributed by atoms with Crippen molar-refractivity contribution in [3.05, 3.63) is 59.7 Å². The summed E-state index contributed by atoms with van der Waals surface area (Å²) in [5.74, 6) is -0.862. The Labute approximate surface area is 169 Å². The lowest BCUT2D eigenvalue weighted by molar-refractivity contribution is -0.126. The normalized spacial score (nSPS) is 11.4. The lowest BCUT2D eigenvalue weighted by Gasteiger charge is -2.15. The number of thioether (sulfide) groups is 1. The standard InChI is InChI=1S/C21H24N2O4S/c1-14-8-7-9-16(12-14)22-20(25)15(2)27-21(26)17-10-5-6-11-18(17)28-13-19(24)23(3)4/h5-12,15H,13H2,1-4H3,(H,22,25)/t15-/m1/s1. The maximum absolute atomic E-state index is 12.6. The fraction of sp³-hybridized carbons (Fsp3) is 0.286. The summed E-state index contributed by atoms with van der Waals surface area (Å²) < 4.78 is 5.34. The Bertz CT molecular complexity index is 867. The van der Waals surface area contributed by atoms with Gasteiger partial charge in [0, 0.05) is 24.7 Å². The average Bonchev–Trinajstić information content (AvgIpc) is 2.66. The van der Waals surface area contributed by atoms with Gasteiger partial charge in [0.15, 0.2) is 6.10 Å². The number of nitrogens with one attached hydrogen (secondary N) is 1. The van der Waals surface area contributed by atoms with E-state index in [9.17, 15) is 14.4 Å². The monoisotopic (exact) mass is 400 g/mol. The topological polar surface area (TPSA) is 75.7 Å². The lowest BCUT2D eigenvalue weighted by Crippen LogP contribution is -2.30. The molecule has 1 N–H and O–H groups in total. The van der Waals surface area contributed by atoms with Gasteiger partial charge in [-0.25, -0.2) is 4.79 Å².